The Morgan fingerprint density at radius 1 is 1.30 bits per heavy atom. The van der Waals surface area contributed by atoms with Gasteiger partial charge in [-0.3, -0.25) is 0 Å². The molecular weight excluding hydrogens is 122 g/mol. The monoisotopic (exact) mass is 141 g/mol. The lowest BCUT2D eigenvalue weighted by molar-refractivity contribution is 0.182. The summed E-state index contributed by atoms with van der Waals surface area (Å²) in [4.78, 5) is 0. The summed E-state index contributed by atoms with van der Waals surface area (Å²) in [6, 6.07) is 0.521. The van der Waals surface area contributed by atoms with E-state index in [0.717, 1.165) is 5.92 Å². The Morgan fingerprint density at radius 2 is 1.80 bits per heavy atom. The first-order chi connectivity index (χ1) is 4.47. The fourth-order valence-corrected chi connectivity index (χ4v) is 1.82. The molecule has 1 aliphatic carbocycles. The average molecular weight is 141 g/mol. The fraction of sp³-hybridized carbons (Fsp3) is 1.00. The third-order valence-electron chi connectivity index (χ3n) is 2.17. The molecule has 0 aliphatic heterocycles. The zero-order valence-electron chi connectivity index (χ0n) is 7.35. The van der Waals surface area contributed by atoms with E-state index in [4.69, 9.17) is 5.73 Å². The summed E-state index contributed by atoms with van der Waals surface area (Å²) >= 11 is 0. The van der Waals surface area contributed by atoms with Crippen molar-refractivity contribution in [3.8, 4) is 0 Å². The van der Waals surface area contributed by atoms with Crippen molar-refractivity contribution < 1.29 is 0 Å². The van der Waals surface area contributed by atoms with Gasteiger partial charge in [0.1, 0.15) is 0 Å². The smallest absolute Gasteiger partial charge is 0.00441 e. The molecule has 0 saturated heterocycles. The Hall–Kier alpha value is -0.0400. The maximum Gasteiger partial charge on any atom is 0.00441 e. The van der Waals surface area contributed by atoms with E-state index in [-0.39, 0.29) is 0 Å². The van der Waals surface area contributed by atoms with Crippen LogP contribution < -0.4 is 5.73 Å². The minimum absolute atomic E-state index is 0.505. The molecule has 1 nitrogen and oxygen atoms in total. The predicted molar refractivity (Wildman–Crippen MR) is 44.8 cm³/mol. The third-order valence-corrected chi connectivity index (χ3v) is 2.17. The zero-order valence-corrected chi connectivity index (χ0v) is 7.35. The second-order valence-electron chi connectivity index (χ2n) is 4.86. The Morgan fingerprint density at radius 3 is 2.10 bits per heavy atom. The lowest BCUT2D eigenvalue weighted by atomic mass is 9.72. The number of hydrogen-bond donors (Lipinski definition) is 1. The van der Waals surface area contributed by atoms with Gasteiger partial charge in [-0.25, -0.2) is 0 Å². The van der Waals surface area contributed by atoms with Crippen LogP contribution in [0, 0.1) is 11.3 Å². The van der Waals surface area contributed by atoms with Crippen LogP contribution in [0.25, 0.3) is 0 Å². The van der Waals surface area contributed by atoms with Crippen LogP contribution in [0.3, 0.4) is 0 Å². The summed E-state index contributed by atoms with van der Waals surface area (Å²) in [5, 5.41) is 0. The summed E-state index contributed by atoms with van der Waals surface area (Å²) in [6.07, 6.45) is 3.87. The van der Waals surface area contributed by atoms with Gasteiger partial charge < -0.3 is 5.73 Å². The van der Waals surface area contributed by atoms with Crippen LogP contribution >= 0.6 is 0 Å². The fourth-order valence-electron chi connectivity index (χ4n) is 1.82. The molecule has 0 radical (unpaired) electrons. The van der Waals surface area contributed by atoms with Gasteiger partial charge in [-0.05, 0) is 30.6 Å². The van der Waals surface area contributed by atoms with E-state index in [1.165, 1.54) is 19.3 Å². The van der Waals surface area contributed by atoms with E-state index in [2.05, 4.69) is 20.8 Å². The standard InChI is InChI=1S/C9H19N/c1-9(2,3)6-7-4-8(10)5-7/h7-8H,4-6,10H2,1-3H3. The van der Waals surface area contributed by atoms with E-state index in [9.17, 15) is 0 Å². The quantitative estimate of drug-likeness (QED) is 0.595. The van der Waals surface area contributed by atoms with Gasteiger partial charge in [-0.2, -0.15) is 0 Å². The second-order valence-corrected chi connectivity index (χ2v) is 4.86. The average Bonchev–Trinajstić information content (AvgIpc) is 1.57. The lowest BCUT2D eigenvalue weighted by Gasteiger charge is -2.36. The van der Waals surface area contributed by atoms with Crippen molar-refractivity contribution in [3.05, 3.63) is 0 Å². The first-order valence-corrected chi connectivity index (χ1v) is 4.23. The Bertz CT molecular complexity index is 106. The zero-order chi connectivity index (χ0) is 7.78. The molecule has 60 valence electrons. The van der Waals surface area contributed by atoms with Crippen molar-refractivity contribution in [1.82, 2.24) is 0 Å². The van der Waals surface area contributed by atoms with Crippen molar-refractivity contribution in [2.24, 2.45) is 17.1 Å². The van der Waals surface area contributed by atoms with Gasteiger partial charge in [0.2, 0.25) is 0 Å². The molecule has 0 aromatic carbocycles. The molecule has 1 aliphatic rings. The first kappa shape index (κ1) is 8.06. The largest absolute Gasteiger partial charge is 0.328 e. The molecule has 0 spiro atoms. The molecule has 2 N–H and O–H groups in total. The lowest BCUT2D eigenvalue weighted by Crippen LogP contribution is -2.37. The molecular formula is C9H19N. The Kier molecular flexibility index (Phi) is 2.04. The highest BCUT2D eigenvalue weighted by Gasteiger charge is 2.29. The summed E-state index contributed by atoms with van der Waals surface area (Å²) in [7, 11) is 0. The maximum atomic E-state index is 5.69. The minimum Gasteiger partial charge on any atom is -0.328 e. The second kappa shape index (κ2) is 2.54. The highest BCUT2D eigenvalue weighted by molar-refractivity contribution is 4.84. The Balaban J connectivity index is 2.16. The molecule has 0 aromatic rings. The molecule has 0 aromatic heterocycles. The van der Waals surface area contributed by atoms with Crippen molar-refractivity contribution in [2.75, 3.05) is 0 Å². The molecule has 1 heteroatoms. The number of nitrogens with two attached hydrogens (primary N) is 1. The minimum atomic E-state index is 0.505. The summed E-state index contributed by atoms with van der Waals surface area (Å²) in [6.45, 7) is 6.91. The van der Waals surface area contributed by atoms with E-state index < -0.39 is 0 Å². The molecule has 0 unspecified atom stereocenters. The third kappa shape index (κ3) is 2.30. The van der Waals surface area contributed by atoms with Gasteiger partial charge in [0.25, 0.3) is 0 Å². The van der Waals surface area contributed by atoms with Crippen molar-refractivity contribution in [2.45, 2.75) is 46.1 Å². The highest BCUT2D eigenvalue weighted by Crippen LogP contribution is 2.36. The van der Waals surface area contributed by atoms with E-state index in [1.807, 2.05) is 0 Å². The molecule has 0 bridgehead atoms. The first-order valence-electron chi connectivity index (χ1n) is 4.23. The SMILES string of the molecule is CC(C)(C)CC1CC(N)C1. The van der Waals surface area contributed by atoms with Gasteiger partial charge in [0.05, 0.1) is 0 Å². The van der Waals surface area contributed by atoms with Crippen LogP contribution in [0.2, 0.25) is 0 Å². The van der Waals surface area contributed by atoms with Crippen LogP contribution in [-0.4, -0.2) is 6.04 Å². The molecule has 1 saturated carbocycles. The number of rotatable bonds is 1. The van der Waals surface area contributed by atoms with Crippen molar-refractivity contribution in [3.63, 3.8) is 0 Å². The molecule has 1 fully saturated rings. The van der Waals surface area contributed by atoms with E-state index in [1.54, 1.807) is 0 Å². The normalized spacial score (nSPS) is 33.6. The van der Waals surface area contributed by atoms with Gasteiger partial charge in [-0.15, -0.1) is 0 Å². The summed E-state index contributed by atoms with van der Waals surface area (Å²) in [5.41, 5.74) is 6.19. The summed E-state index contributed by atoms with van der Waals surface area (Å²) < 4.78 is 0. The summed E-state index contributed by atoms with van der Waals surface area (Å²) in [5.74, 6) is 0.926. The highest BCUT2D eigenvalue weighted by atomic mass is 14.7. The predicted octanol–water partition coefficient (Wildman–Crippen LogP) is 2.16. The van der Waals surface area contributed by atoms with E-state index >= 15 is 0 Å². The van der Waals surface area contributed by atoms with Gasteiger partial charge in [-0.1, -0.05) is 20.8 Å². The Labute approximate surface area is 64.0 Å². The van der Waals surface area contributed by atoms with Crippen molar-refractivity contribution in [1.29, 1.82) is 0 Å². The van der Waals surface area contributed by atoms with E-state index in [0.29, 0.717) is 11.5 Å². The maximum absolute atomic E-state index is 5.69. The van der Waals surface area contributed by atoms with Crippen LogP contribution in [0.5, 0.6) is 0 Å². The van der Waals surface area contributed by atoms with Crippen molar-refractivity contribution >= 4 is 0 Å². The molecule has 10 heavy (non-hydrogen) atoms. The van der Waals surface area contributed by atoms with Crippen LogP contribution in [0.15, 0.2) is 0 Å². The van der Waals surface area contributed by atoms with Gasteiger partial charge in [0, 0.05) is 6.04 Å². The van der Waals surface area contributed by atoms with Gasteiger partial charge >= 0.3 is 0 Å². The van der Waals surface area contributed by atoms with Crippen LogP contribution in [-0.2, 0) is 0 Å². The number of hydrogen-bond acceptors (Lipinski definition) is 1. The molecule has 0 atom stereocenters. The topological polar surface area (TPSA) is 26.0 Å². The van der Waals surface area contributed by atoms with Crippen LogP contribution in [0.1, 0.15) is 40.0 Å². The molecule has 0 amide bonds. The van der Waals surface area contributed by atoms with Crippen LogP contribution in [0.4, 0.5) is 0 Å². The van der Waals surface area contributed by atoms with Gasteiger partial charge in [0.15, 0.2) is 0 Å². The molecule has 0 heterocycles. The molecule has 1 rings (SSSR count).